The van der Waals surface area contributed by atoms with Gasteiger partial charge in [-0.3, -0.25) is 14.3 Å². The van der Waals surface area contributed by atoms with Gasteiger partial charge in [0.2, 0.25) is 5.91 Å². The van der Waals surface area contributed by atoms with Crippen LogP contribution in [0, 0.1) is 0 Å². The zero-order valence-electron chi connectivity index (χ0n) is 13.0. The molecule has 1 atom stereocenters. The predicted octanol–water partition coefficient (Wildman–Crippen LogP) is 2.92. The summed E-state index contributed by atoms with van der Waals surface area (Å²) in [6.07, 6.45) is 6.10. The molecule has 0 aromatic carbocycles. The number of likely N-dealkylation sites (tertiary alicyclic amines) is 1. The third-order valence-corrected chi connectivity index (χ3v) is 6.26. The fourth-order valence-corrected chi connectivity index (χ4v) is 4.70. The standard InChI is InChI=1S/C16H17BrN4O2S/c17-11-6-14(24-10-11)16(23)19-5-3-12(8-19)21-9-13(7-18-21)20-4-1-2-15(20)22/h6-7,9-10,12H,1-5,8H2. The van der Waals surface area contributed by atoms with E-state index < -0.39 is 0 Å². The normalized spacial score (nSPS) is 21.0. The number of hydrogen-bond acceptors (Lipinski definition) is 4. The number of carbonyl (C=O) groups is 2. The van der Waals surface area contributed by atoms with E-state index in [0.717, 1.165) is 41.0 Å². The summed E-state index contributed by atoms with van der Waals surface area (Å²) in [6, 6.07) is 2.04. The molecule has 0 aliphatic carbocycles. The van der Waals surface area contributed by atoms with Crippen LogP contribution < -0.4 is 4.90 Å². The van der Waals surface area contributed by atoms with Gasteiger partial charge in [0.25, 0.3) is 5.91 Å². The van der Waals surface area contributed by atoms with Crippen LogP contribution >= 0.6 is 27.3 Å². The smallest absolute Gasteiger partial charge is 0.264 e. The first-order valence-electron chi connectivity index (χ1n) is 7.99. The number of amides is 2. The van der Waals surface area contributed by atoms with Gasteiger partial charge >= 0.3 is 0 Å². The van der Waals surface area contributed by atoms with Crippen LogP contribution in [-0.4, -0.2) is 46.1 Å². The van der Waals surface area contributed by atoms with Crippen LogP contribution in [0.5, 0.6) is 0 Å². The Bertz CT molecular complexity index is 787. The Hall–Kier alpha value is -1.67. The summed E-state index contributed by atoms with van der Waals surface area (Å²) in [5.74, 6) is 0.247. The van der Waals surface area contributed by atoms with Crippen molar-refractivity contribution in [2.45, 2.75) is 25.3 Å². The van der Waals surface area contributed by atoms with E-state index in [4.69, 9.17) is 0 Å². The Morgan fingerprint density at radius 3 is 2.96 bits per heavy atom. The van der Waals surface area contributed by atoms with Gasteiger partial charge in [-0.2, -0.15) is 5.10 Å². The predicted molar refractivity (Wildman–Crippen MR) is 95.4 cm³/mol. The average molecular weight is 409 g/mol. The Kier molecular flexibility index (Phi) is 4.17. The van der Waals surface area contributed by atoms with Gasteiger partial charge in [0, 0.05) is 42.1 Å². The van der Waals surface area contributed by atoms with Gasteiger partial charge in [-0.1, -0.05) is 0 Å². The molecule has 4 rings (SSSR count). The lowest BCUT2D eigenvalue weighted by Gasteiger charge is -2.16. The molecular formula is C16H17BrN4O2S. The fraction of sp³-hybridized carbons (Fsp3) is 0.438. The topological polar surface area (TPSA) is 58.4 Å². The molecule has 0 bridgehead atoms. The largest absolute Gasteiger partial charge is 0.336 e. The summed E-state index contributed by atoms with van der Waals surface area (Å²) >= 11 is 4.85. The number of nitrogens with zero attached hydrogens (tertiary/aromatic N) is 4. The molecule has 2 aromatic rings. The number of rotatable bonds is 3. The zero-order chi connectivity index (χ0) is 16.7. The highest BCUT2D eigenvalue weighted by atomic mass is 79.9. The van der Waals surface area contributed by atoms with Crippen molar-refractivity contribution < 1.29 is 9.59 Å². The van der Waals surface area contributed by atoms with E-state index in [2.05, 4.69) is 21.0 Å². The van der Waals surface area contributed by atoms with Crippen molar-refractivity contribution in [3.63, 3.8) is 0 Å². The minimum atomic E-state index is 0.0790. The fourth-order valence-electron chi connectivity index (χ4n) is 3.31. The van der Waals surface area contributed by atoms with E-state index in [1.54, 1.807) is 11.1 Å². The summed E-state index contributed by atoms with van der Waals surface area (Å²) < 4.78 is 2.84. The number of carbonyl (C=O) groups excluding carboxylic acids is 2. The molecule has 0 radical (unpaired) electrons. The van der Waals surface area contributed by atoms with Gasteiger partial charge in [-0.05, 0) is 34.8 Å². The van der Waals surface area contributed by atoms with Gasteiger partial charge in [-0.25, -0.2) is 0 Å². The minimum Gasteiger partial charge on any atom is -0.336 e. The maximum absolute atomic E-state index is 12.5. The third-order valence-electron chi connectivity index (χ3n) is 4.58. The van der Waals surface area contributed by atoms with Gasteiger partial charge in [0.1, 0.15) is 0 Å². The number of aromatic nitrogens is 2. The highest BCUT2D eigenvalue weighted by Gasteiger charge is 2.30. The molecule has 8 heteroatoms. The van der Waals surface area contributed by atoms with Crippen LogP contribution in [0.4, 0.5) is 5.69 Å². The van der Waals surface area contributed by atoms with Crippen molar-refractivity contribution in [1.29, 1.82) is 0 Å². The molecule has 126 valence electrons. The lowest BCUT2D eigenvalue weighted by atomic mass is 10.3. The lowest BCUT2D eigenvalue weighted by Crippen LogP contribution is -2.28. The van der Waals surface area contributed by atoms with E-state index >= 15 is 0 Å². The molecule has 6 nitrogen and oxygen atoms in total. The zero-order valence-corrected chi connectivity index (χ0v) is 15.4. The molecule has 4 heterocycles. The van der Waals surface area contributed by atoms with Crippen molar-refractivity contribution >= 4 is 44.8 Å². The van der Waals surface area contributed by atoms with Crippen LogP contribution in [-0.2, 0) is 4.79 Å². The summed E-state index contributed by atoms with van der Waals surface area (Å²) in [5.41, 5.74) is 0.865. The average Bonchev–Trinajstić information content (AvgIpc) is 3.33. The molecule has 2 aromatic heterocycles. The maximum atomic E-state index is 12.5. The Morgan fingerprint density at radius 2 is 2.25 bits per heavy atom. The number of hydrogen-bond donors (Lipinski definition) is 0. The summed E-state index contributed by atoms with van der Waals surface area (Å²) in [5, 5.41) is 6.35. The molecule has 0 spiro atoms. The van der Waals surface area contributed by atoms with Gasteiger partial charge in [0.15, 0.2) is 0 Å². The van der Waals surface area contributed by atoms with Gasteiger partial charge in [-0.15, -0.1) is 11.3 Å². The molecule has 2 saturated heterocycles. The summed E-state index contributed by atoms with van der Waals surface area (Å²) in [6.45, 7) is 2.16. The Balaban J connectivity index is 1.44. The van der Waals surface area contributed by atoms with Crippen molar-refractivity contribution in [3.8, 4) is 0 Å². The van der Waals surface area contributed by atoms with Crippen LogP contribution in [0.25, 0.3) is 0 Å². The van der Waals surface area contributed by atoms with Crippen molar-refractivity contribution in [1.82, 2.24) is 14.7 Å². The molecule has 2 aliphatic heterocycles. The number of halogens is 1. The number of thiophene rings is 1. The van der Waals surface area contributed by atoms with Crippen molar-refractivity contribution in [2.75, 3.05) is 24.5 Å². The van der Waals surface area contributed by atoms with Crippen LogP contribution in [0.3, 0.4) is 0 Å². The summed E-state index contributed by atoms with van der Waals surface area (Å²) in [4.78, 5) is 28.8. The Labute approximate surface area is 152 Å². The second kappa shape index (κ2) is 6.33. The first-order valence-corrected chi connectivity index (χ1v) is 9.67. The third kappa shape index (κ3) is 2.88. The van der Waals surface area contributed by atoms with E-state index in [0.29, 0.717) is 13.0 Å². The van der Waals surface area contributed by atoms with Gasteiger partial charge < -0.3 is 9.80 Å². The lowest BCUT2D eigenvalue weighted by molar-refractivity contribution is -0.117. The van der Waals surface area contributed by atoms with E-state index in [-0.39, 0.29) is 17.9 Å². The second-order valence-corrected chi connectivity index (χ2v) is 7.98. The van der Waals surface area contributed by atoms with Crippen LogP contribution in [0.2, 0.25) is 0 Å². The van der Waals surface area contributed by atoms with E-state index in [1.165, 1.54) is 11.3 Å². The first kappa shape index (κ1) is 15.8. The first-order chi connectivity index (χ1) is 11.6. The monoisotopic (exact) mass is 408 g/mol. The van der Waals surface area contributed by atoms with Crippen LogP contribution in [0.1, 0.15) is 35.0 Å². The number of anilines is 1. The van der Waals surface area contributed by atoms with Crippen LogP contribution in [0.15, 0.2) is 28.3 Å². The molecule has 0 N–H and O–H groups in total. The molecule has 2 fully saturated rings. The molecule has 1 unspecified atom stereocenters. The van der Waals surface area contributed by atoms with E-state index in [1.807, 2.05) is 27.2 Å². The molecular weight excluding hydrogens is 392 g/mol. The summed E-state index contributed by atoms with van der Waals surface area (Å²) in [7, 11) is 0. The molecule has 0 saturated carbocycles. The minimum absolute atomic E-state index is 0.0790. The van der Waals surface area contributed by atoms with E-state index in [9.17, 15) is 9.59 Å². The molecule has 2 amide bonds. The second-order valence-electron chi connectivity index (χ2n) is 6.15. The SMILES string of the molecule is O=C(c1cc(Br)cs1)N1CCC(n2cc(N3CCCC3=O)cn2)C1. The Morgan fingerprint density at radius 1 is 1.38 bits per heavy atom. The van der Waals surface area contributed by atoms with Crippen molar-refractivity contribution in [3.05, 3.63) is 33.2 Å². The molecule has 24 heavy (non-hydrogen) atoms. The maximum Gasteiger partial charge on any atom is 0.264 e. The highest BCUT2D eigenvalue weighted by molar-refractivity contribution is 9.10. The molecule has 2 aliphatic rings. The van der Waals surface area contributed by atoms with Crippen molar-refractivity contribution in [2.24, 2.45) is 0 Å². The highest BCUT2D eigenvalue weighted by Crippen LogP contribution is 2.28. The van der Waals surface area contributed by atoms with Gasteiger partial charge in [0.05, 0.1) is 22.8 Å². The quantitative estimate of drug-likeness (QED) is 0.784.